The smallest absolute Gasteiger partial charge is 0.234 e. The normalized spacial score (nSPS) is 12.7. The molecule has 2 N–H and O–H groups in total. The van der Waals surface area contributed by atoms with Gasteiger partial charge in [0.15, 0.2) is 0 Å². The van der Waals surface area contributed by atoms with Crippen LogP contribution < -0.4 is 5.73 Å². The van der Waals surface area contributed by atoms with E-state index in [1.54, 1.807) is 0 Å². The molecule has 3 heteroatoms. The molecule has 0 radical (unpaired) electrons. The summed E-state index contributed by atoms with van der Waals surface area (Å²) < 4.78 is 0. The van der Waals surface area contributed by atoms with Gasteiger partial charge in [-0.3, -0.25) is 9.69 Å². The molecule has 0 aliphatic heterocycles. The van der Waals surface area contributed by atoms with Crippen LogP contribution in [0.5, 0.6) is 0 Å². The minimum Gasteiger partial charge on any atom is -0.368 e. The fourth-order valence-corrected chi connectivity index (χ4v) is 1.36. The highest BCUT2D eigenvalue weighted by Crippen LogP contribution is 2.02. The van der Waals surface area contributed by atoms with Gasteiger partial charge in [-0.2, -0.15) is 0 Å². The minimum absolute atomic E-state index is 0.200. The number of amides is 1. The van der Waals surface area contributed by atoms with E-state index in [4.69, 9.17) is 5.73 Å². The number of nitrogens with zero attached hydrogens (tertiary/aromatic N) is 1. The second-order valence-electron chi connectivity index (χ2n) is 3.79. The van der Waals surface area contributed by atoms with E-state index in [0.29, 0.717) is 0 Å². The van der Waals surface area contributed by atoms with Crippen molar-refractivity contribution in [1.29, 1.82) is 0 Å². The third-order valence-corrected chi connectivity index (χ3v) is 2.67. The molecule has 3 nitrogen and oxygen atoms in total. The van der Waals surface area contributed by atoms with Gasteiger partial charge in [-0.15, -0.1) is 0 Å². The number of carbonyl (C=O) groups excluding carboxylic acids is 1. The summed E-state index contributed by atoms with van der Waals surface area (Å²) in [5.41, 5.74) is 6.50. The summed E-state index contributed by atoms with van der Waals surface area (Å²) in [6.45, 7) is 2.67. The Morgan fingerprint density at radius 1 is 1.40 bits per heavy atom. The van der Waals surface area contributed by atoms with E-state index < -0.39 is 0 Å². The van der Waals surface area contributed by atoms with Crippen molar-refractivity contribution in [2.75, 3.05) is 13.6 Å². The van der Waals surface area contributed by atoms with Gasteiger partial charge in [-0.1, -0.05) is 30.3 Å². The van der Waals surface area contributed by atoms with Crippen LogP contribution in [0.3, 0.4) is 0 Å². The Bertz CT molecular complexity index is 311. The maximum absolute atomic E-state index is 10.9. The molecule has 0 aromatic heterocycles. The molecule has 0 spiro atoms. The molecule has 0 saturated heterocycles. The molecular weight excluding hydrogens is 188 g/mol. The van der Waals surface area contributed by atoms with Crippen molar-refractivity contribution in [3.63, 3.8) is 0 Å². The highest BCUT2D eigenvalue weighted by atomic mass is 16.1. The Kier molecular flexibility index (Phi) is 4.31. The summed E-state index contributed by atoms with van der Waals surface area (Å²) in [5, 5.41) is 0. The Morgan fingerprint density at radius 3 is 2.53 bits per heavy atom. The van der Waals surface area contributed by atoms with Crippen LogP contribution in [-0.4, -0.2) is 30.4 Å². The van der Waals surface area contributed by atoms with E-state index in [0.717, 1.165) is 13.0 Å². The van der Waals surface area contributed by atoms with E-state index in [9.17, 15) is 4.79 Å². The van der Waals surface area contributed by atoms with E-state index in [1.807, 2.05) is 37.1 Å². The number of carbonyl (C=O) groups is 1. The average molecular weight is 206 g/mol. The van der Waals surface area contributed by atoms with Gasteiger partial charge in [0, 0.05) is 6.54 Å². The van der Waals surface area contributed by atoms with Crippen LogP contribution >= 0.6 is 0 Å². The lowest BCUT2D eigenvalue weighted by Gasteiger charge is -2.21. The quantitative estimate of drug-likeness (QED) is 0.782. The number of likely N-dealkylation sites (N-methyl/N-ethyl adjacent to an activating group) is 1. The van der Waals surface area contributed by atoms with Gasteiger partial charge in [-0.25, -0.2) is 0 Å². The van der Waals surface area contributed by atoms with Crippen molar-refractivity contribution in [3.8, 4) is 0 Å². The molecule has 0 fully saturated rings. The minimum atomic E-state index is -0.273. The molecule has 1 atom stereocenters. The topological polar surface area (TPSA) is 46.3 Å². The summed E-state index contributed by atoms with van der Waals surface area (Å²) in [6.07, 6.45) is 0.939. The molecule has 0 unspecified atom stereocenters. The second-order valence-corrected chi connectivity index (χ2v) is 3.79. The number of rotatable bonds is 5. The SMILES string of the molecule is C[C@@H](C(N)=O)N(C)CCc1ccccc1. The van der Waals surface area contributed by atoms with Gasteiger partial charge >= 0.3 is 0 Å². The number of primary amides is 1. The standard InChI is InChI=1S/C12H18N2O/c1-10(12(13)15)14(2)9-8-11-6-4-3-5-7-11/h3-7,10H,8-9H2,1-2H3,(H2,13,15)/t10-/m0/s1. The Morgan fingerprint density at radius 2 is 2.00 bits per heavy atom. The van der Waals surface area contributed by atoms with Gasteiger partial charge in [-0.05, 0) is 26.0 Å². The summed E-state index contributed by atoms with van der Waals surface area (Å²) in [4.78, 5) is 12.9. The van der Waals surface area contributed by atoms with E-state index in [1.165, 1.54) is 5.56 Å². The predicted octanol–water partition coefficient (Wildman–Crippen LogP) is 1.03. The Hall–Kier alpha value is -1.35. The molecule has 1 aromatic rings. The maximum atomic E-state index is 10.9. The van der Waals surface area contributed by atoms with Crippen molar-refractivity contribution < 1.29 is 4.79 Å². The van der Waals surface area contributed by atoms with Crippen molar-refractivity contribution in [2.24, 2.45) is 5.73 Å². The van der Waals surface area contributed by atoms with Crippen molar-refractivity contribution in [1.82, 2.24) is 4.90 Å². The molecule has 0 heterocycles. The lowest BCUT2D eigenvalue weighted by atomic mass is 10.1. The molecule has 0 saturated carbocycles. The zero-order valence-corrected chi connectivity index (χ0v) is 9.31. The molecule has 15 heavy (non-hydrogen) atoms. The van der Waals surface area contributed by atoms with Crippen LogP contribution in [0.2, 0.25) is 0 Å². The van der Waals surface area contributed by atoms with Crippen LogP contribution in [0.1, 0.15) is 12.5 Å². The monoisotopic (exact) mass is 206 g/mol. The second kappa shape index (κ2) is 5.51. The molecule has 82 valence electrons. The maximum Gasteiger partial charge on any atom is 0.234 e. The van der Waals surface area contributed by atoms with Crippen LogP contribution in [0.25, 0.3) is 0 Å². The molecule has 0 aliphatic carbocycles. The van der Waals surface area contributed by atoms with Gasteiger partial charge in [0.05, 0.1) is 6.04 Å². The lowest BCUT2D eigenvalue weighted by molar-refractivity contribution is -0.122. The lowest BCUT2D eigenvalue weighted by Crippen LogP contribution is -2.41. The fourth-order valence-electron chi connectivity index (χ4n) is 1.36. The molecule has 0 bridgehead atoms. The van der Waals surface area contributed by atoms with Gasteiger partial charge in [0.1, 0.15) is 0 Å². The van der Waals surface area contributed by atoms with Crippen molar-refractivity contribution in [3.05, 3.63) is 35.9 Å². The molecule has 1 rings (SSSR count). The van der Waals surface area contributed by atoms with Crippen LogP contribution in [-0.2, 0) is 11.2 Å². The van der Waals surface area contributed by atoms with Crippen molar-refractivity contribution >= 4 is 5.91 Å². The molecule has 0 aliphatic rings. The molecule has 1 amide bonds. The third kappa shape index (κ3) is 3.72. The van der Waals surface area contributed by atoms with Crippen LogP contribution in [0.4, 0.5) is 0 Å². The Labute approximate surface area is 90.9 Å². The largest absolute Gasteiger partial charge is 0.368 e. The number of nitrogens with two attached hydrogens (primary N) is 1. The average Bonchev–Trinajstić information content (AvgIpc) is 2.26. The fraction of sp³-hybridized carbons (Fsp3) is 0.417. The molecule has 1 aromatic carbocycles. The van der Waals surface area contributed by atoms with Gasteiger partial charge in [0.25, 0.3) is 0 Å². The van der Waals surface area contributed by atoms with Crippen LogP contribution in [0, 0.1) is 0 Å². The number of hydrogen-bond donors (Lipinski definition) is 1. The number of benzene rings is 1. The first-order valence-electron chi connectivity index (χ1n) is 5.14. The third-order valence-electron chi connectivity index (χ3n) is 2.67. The first-order valence-corrected chi connectivity index (χ1v) is 5.14. The van der Waals surface area contributed by atoms with E-state index in [-0.39, 0.29) is 11.9 Å². The Balaban J connectivity index is 2.41. The number of hydrogen-bond acceptors (Lipinski definition) is 2. The highest BCUT2D eigenvalue weighted by molar-refractivity contribution is 5.79. The summed E-state index contributed by atoms with van der Waals surface area (Å²) >= 11 is 0. The van der Waals surface area contributed by atoms with Crippen molar-refractivity contribution in [2.45, 2.75) is 19.4 Å². The zero-order chi connectivity index (χ0) is 11.3. The highest BCUT2D eigenvalue weighted by Gasteiger charge is 2.13. The zero-order valence-electron chi connectivity index (χ0n) is 9.31. The summed E-state index contributed by atoms with van der Waals surface area (Å²) in [5.74, 6) is -0.273. The van der Waals surface area contributed by atoms with Gasteiger partial charge in [0.2, 0.25) is 5.91 Å². The predicted molar refractivity (Wildman–Crippen MR) is 61.4 cm³/mol. The van der Waals surface area contributed by atoms with E-state index >= 15 is 0 Å². The van der Waals surface area contributed by atoms with E-state index in [2.05, 4.69) is 12.1 Å². The van der Waals surface area contributed by atoms with Crippen LogP contribution in [0.15, 0.2) is 30.3 Å². The summed E-state index contributed by atoms with van der Waals surface area (Å²) in [6, 6.07) is 10.0. The van der Waals surface area contributed by atoms with Gasteiger partial charge < -0.3 is 5.73 Å². The molecular formula is C12H18N2O. The first-order chi connectivity index (χ1) is 7.11. The summed E-state index contributed by atoms with van der Waals surface area (Å²) in [7, 11) is 1.92. The first kappa shape index (κ1) is 11.7.